The lowest BCUT2D eigenvalue weighted by atomic mass is 10.2. The lowest BCUT2D eigenvalue weighted by Gasteiger charge is -2.24. The number of anilines is 1. The summed E-state index contributed by atoms with van der Waals surface area (Å²) in [6.45, 7) is -2.38. The molecular weight excluding hydrogens is 379 g/mol. The summed E-state index contributed by atoms with van der Waals surface area (Å²) in [5.74, 6) is -1.06. The number of aromatic nitrogens is 1. The molecule has 1 aromatic carbocycles. The van der Waals surface area contributed by atoms with Crippen molar-refractivity contribution in [2.24, 2.45) is 0 Å². The van der Waals surface area contributed by atoms with Crippen LogP contribution in [0.1, 0.15) is 0 Å². The second-order valence-corrected chi connectivity index (χ2v) is 5.62. The van der Waals surface area contributed by atoms with Crippen molar-refractivity contribution in [2.75, 3.05) is 11.4 Å². The van der Waals surface area contributed by atoms with E-state index in [4.69, 9.17) is 11.6 Å². The summed E-state index contributed by atoms with van der Waals surface area (Å²) >= 11 is 5.69. The zero-order chi connectivity index (χ0) is 19.5. The topological polar surface area (TPSA) is 85.5 Å². The normalized spacial score (nSPS) is 11.2. The Balaban J connectivity index is 2.35. The summed E-state index contributed by atoms with van der Waals surface area (Å²) < 4.78 is 39.2. The number of hydrogen-bond acceptors (Lipinski definition) is 4. The first kappa shape index (κ1) is 19.4. The van der Waals surface area contributed by atoms with Gasteiger partial charge < -0.3 is 4.90 Å². The van der Waals surface area contributed by atoms with Gasteiger partial charge in [0.15, 0.2) is 0 Å². The third-order valence-electron chi connectivity index (χ3n) is 3.26. The molecule has 0 radical (unpaired) electrons. The van der Waals surface area contributed by atoms with Crippen molar-refractivity contribution >= 4 is 28.9 Å². The summed E-state index contributed by atoms with van der Waals surface area (Å²) in [6, 6.07) is 6.88. The van der Waals surface area contributed by atoms with Crippen LogP contribution >= 0.6 is 11.6 Å². The van der Waals surface area contributed by atoms with Crippen LogP contribution in [0.15, 0.2) is 47.4 Å². The highest BCUT2D eigenvalue weighted by Gasteiger charge is 2.34. The van der Waals surface area contributed by atoms with Crippen LogP contribution in [0.4, 0.5) is 24.5 Å². The Bertz CT molecular complexity index is 881. The van der Waals surface area contributed by atoms with Gasteiger partial charge in [-0.25, -0.2) is 0 Å². The predicted molar refractivity (Wildman–Crippen MR) is 87.2 cm³/mol. The Kier molecular flexibility index (Phi) is 5.66. The van der Waals surface area contributed by atoms with Crippen molar-refractivity contribution in [3.05, 3.63) is 68.1 Å². The maximum Gasteiger partial charge on any atom is 0.406 e. The molecule has 1 aromatic heterocycles. The summed E-state index contributed by atoms with van der Waals surface area (Å²) in [4.78, 5) is 34.5. The molecule has 26 heavy (non-hydrogen) atoms. The monoisotopic (exact) mass is 389 g/mol. The van der Waals surface area contributed by atoms with Gasteiger partial charge in [0.05, 0.1) is 11.1 Å². The number of hydrogen-bond donors (Lipinski definition) is 0. The van der Waals surface area contributed by atoms with Crippen LogP contribution in [0.3, 0.4) is 0 Å². The number of halogens is 4. The van der Waals surface area contributed by atoms with Crippen LogP contribution in [0, 0.1) is 10.1 Å². The lowest BCUT2D eigenvalue weighted by Crippen LogP contribution is -2.42. The van der Waals surface area contributed by atoms with Gasteiger partial charge in [0, 0.05) is 22.8 Å². The number of nitro groups is 1. The SMILES string of the molecule is O=C(Cn1cc([N+](=O)[O-])ccc1=O)N(CC(F)(F)F)c1ccc(Cl)cc1. The standard InChI is InChI=1S/C15H11ClF3N3O4/c16-10-1-3-11(4-2-10)21(9-15(17,18)19)14(24)8-20-7-12(22(25)26)5-6-13(20)23/h1-7H,8-9H2. The number of amides is 1. The van der Waals surface area contributed by atoms with Crippen LogP contribution in [-0.4, -0.2) is 28.1 Å². The summed E-state index contributed by atoms with van der Waals surface area (Å²) in [5, 5.41) is 11.0. The highest BCUT2D eigenvalue weighted by molar-refractivity contribution is 6.30. The molecule has 0 N–H and O–H groups in total. The third kappa shape index (κ3) is 5.06. The molecule has 0 aliphatic carbocycles. The van der Waals surface area contributed by atoms with Gasteiger partial charge in [0.25, 0.3) is 11.2 Å². The maximum absolute atomic E-state index is 12.8. The van der Waals surface area contributed by atoms with E-state index in [2.05, 4.69) is 0 Å². The number of carbonyl (C=O) groups excluding carboxylic acids is 1. The van der Waals surface area contributed by atoms with Gasteiger partial charge in [0.1, 0.15) is 13.1 Å². The van der Waals surface area contributed by atoms with Gasteiger partial charge in [-0.15, -0.1) is 0 Å². The summed E-state index contributed by atoms with van der Waals surface area (Å²) in [5.41, 5.74) is -1.30. The average Bonchev–Trinajstić information content (AvgIpc) is 2.54. The molecule has 138 valence electrons. The Labute approximate surface area is 149 Å². The van der Waals surface area contributed by atoms with E-state index in [1.807, 2.05) is 0 Å². The molecule has 0 aliphatic heterocycles. The minimum absolute atomic E-state index is 0.0739. The molecule has 0 spiro atoms. The molecule has 0 fully saturated rings. The molecule has 2 aromatic rings. The molecule has 0 atom stereocenters. The number of rotatable bonds is 5. The molecule has 7 nitrogen and oxygen atoms in total. The van der Waals surface area contributed by atoms with Crippen molar-refractivity contribution in [1.82, 2.24) is 4.57 Å². The lowest BCUT2D eigenvalue weighted by molar-refractivity contribution is -0.385. The van der Waals surface area contributed by atoms with E-state index in [9.17, 15) is 32.9 Å². The predicted octanol–water partition coefficient (Wildman–Crippen LogP) is 3.01. The van der Waals surface area contributed by atoms with Gasteiger partial charge in [0.2, 0.25) is 5.91 Å². The van der Waals surface area contributed by atoms with Crippen molar-refractivity contribution < 1.29 is 22.9 Å². The number of benzene rings is 1. The average molecular weight is 390 g/mol. The van der Waals surface area contributed by atoms with Gasteiger partial charge in [-0.05, 0) is 24.3 Å². The molecule has 1 amide bonds. The van der Waals surface area contributed by atoms with E-state index in [0.29, 0.717) is 9.47 Å². The zero-order valence-electron chi connectivity index (χ0n) is 12.9. The molecule has 0 bridgehead atoms. The Hall–Kier alpha value is -2.88. The molecule has 11 heteroatoms. The molecule has 2 rings (SSSR count). The quantitative estimate of drug-likeness (QED) is 0.581. The second-order valence-electron chi connectivity index (χ2n) is 5.18. The molecule has 0 unspecified atom stereocenters. The van der Waals surface area contributed by atoms with E-state index < -0.39 is 41.3 Å². The number of pyridine rings is 1. The maximum atomic E-state index is 12.8. The number of alkyl halides is 3. The minimum atomic E-state index is -4.69. The minimum Gasteiger partial charge on any atom is -0.302 e. The van der Waals surface area contributed by atoms with Crippen molar-refractivity contribution in [1.29, 1.82) is 0 Å². The Morgan fingerprint density at radius 3 is 2.35 bits per heavy atom. The molecule has 0 saturated heterocycles. The van der Waals surface area contributed by atoms with Crippen molar-refractivity contribution in [2.45, 2.75) is 12.7 Å². The first-order chi connectivity index (χ1) is 12.1. The van der Waals surface area contributed by atoms with Gasteiger partial charge in [-0.3, -0.25) is 24.3 Å². The molecular formula is C15H11ClF3N3O4. The fourth-order valence-electron chi connectivity index (χ4n) is 2.11. The van der Waals surface area contributed by atoms with E-state index in [1.165, 1.54) is 24.3 Å². The van der Waals surface area contributed by atoms with Gasteiger partial charge >= 0.3 is 6.18 Å². The zero-order valence-corrected chi connectivity index (χ0v) is 13.7. The molecule has 0 saturated carbocycles. The first-order valence-corrected chi connectivity index (χ1v) is 7.42. The highest BCUT2D eigenvalue weighted by atomic mass is 35.5. The third-order valence-corrected chi connectivity index (χ3v) is 3.51. The fraction of sp³-hybridized carbons (Fsp3) is 0.200. The van der Waals surface area contributed by atoms with Crippen LogP contribution in [0.5, 0.6) is 0 Å². The molecule has 0 aliphatic rings. The molecule has 1 heterocycles. The highest BCUT2D eigenvalue weighted by Crippen LogP contribution is 2.24. The van der Waals surface area contributed by atoms with Gasteiger partial charge in [-0.1, -0.05) is 11.6 Å². The van der Waals surface area contributed by atoms with E-state index in [0.717, 1.165) is 18.3 Å². The van der Waals surface area contributed by atoms with Gasteiger partial charge in [-0.2, -0.15) is 13.2 Å². The largest absolute Gasteiger partial charge is 0.406 e. The fourth-order valence-corrected chi connectivity index (χ4v) is 2.23. The first-order valence-electron chi connectivity index (χ1n) is 7.04. The number of nitrogens with zero attached hydrogens (tertiary/aromatic N) is 3. The van der Waals surface area contributed by atoms with Crippen molar-refractivity contribution in [3.63, 3.8) is 0 Å². The van der Waals surface area contributed by atoms with Crippen LogP contribution in [0.25, 0.3) is 0 Å². The van der Waals surface area contributed by atoms with E-state index in [-0.39, 0.29) is 10.7 Å². The van der Waals surface area contributed by atoms with Crippen LogP contribution in [-0.2, 0) is 11.3 Å². The summed E-state index contributed by atoms with van der Waals surface area (Å²) in [6.07, 6.45) is -3.89. The number of carbonyl (C=O) groups is 1. The summed E-state index contributed by atoms with van der Waals surface area (Å²) in [7, 11) is 0. The Morgan fingerprint density at radius 1 is 1.19 bits per heavy atom. The second kappa shape index (κ2) is 7.56. The smallest absolute Gasteiger partial charge is 0.302 e. The Morgan fingerprint density at radius 2 is 1.81 bits per heavy atom. The van der Waals surface area contributed by atoms with Crippen LogP contribution < -0.4 is 10.5 Å². The van der Waals surface area contributed by atoms with Crippen molar-refractivity contribution in [3.8, 4) is 0 Å². The van der Waals surface area contributed by atoms with E-state index in [1.54, 1.807) is 0 Å². The van der Waals surface area contributed by atoms with Crippen LogP contribution in [0.2, 0.25) is 5.02 Å². The van der Waals surface area contributed by atoms with E-state index >= 15 is 0 Å².